The van der Waals surface area contributed by atoms with E-state index in [1.165, 1.54) is 6.07 Å². The number of rotatable bonds is 5. The third kappa shape index (κ3) is 5.72. The summed E-state index contributed by atoms with van der Waals surface area (Å²) in [6.45, 7) is 0. The molecule has 0 bridgehead atoms. The molecule has 0 amide bonds. The third-order valence-corrected chi connectivity index (χ3v) is 4.13. The van der Waals surface area contributed by atoms with Gasteiger partial charge in [0.1, 0.15) is 16.4 Å². The van der Waals surface area contributed by atoms with Gasteiger partial charge >= 0.3 is 12.7 Å². The first-order valence-corrected chi connectivity index (χ1v) is 8.07. The Kier molecular flexibility index (Phi) is 5.26. The van der Waals surface area contributed by atoms with Gasteiger partial charge in [0, 0.05) is 5.69 Å². The summed E-state index contributed by atoms with van der Waals surface area (Å²) in [5.41, 5.74) is -0.193. The Morgan fingerprint density at radius 2 is 1.31 bits per heavy atom. The Hall–Kier alpha value is -2.63. The molecule has 2 aromatic carbocycles. The van der Waals surface area contributed by atoms with Crippen LogP contribution in [-0.4, -0.2) is 21.1 Å². The first kappa shape index (κ1) is 19.7. The topological polar surface area (TPSA) is 64.6 Å². The third-order valence-electron chi connectivity index (χ3n) is 2.70. The number of para-hydroxylation sites is 1. The monoisotopic (exact) mass is 401 g/mol. The molecule has 142 valence electrons. The van der Waals surface area contributed by atoms with Crippen LogP contribution in [0.5, 0.6) is 11.5 Å². The molecule has 0 fully saturated rings. The van der Waals surface area contributed by atoms with Crippen molar-refractivity contribution < 1.29 is 44.2 Å². The molecule has 0 heterocycles. The van der Waals surface area contributed by atoms with E-state index in [0.717, 1.165) is 42.5 Å². The molecule has 5 nitrogen and oxygen atoms in total. The molecule has 0 aliphatic carbocycles. The van der Waals surface area contributed by atoms with E-state index in [4.69, 9.17) is 0 Å². The molecule has 0 aromatic heterocycles. The van der Waals surface area contributed by atoms with Crippen molar-refractivity contribution in [1.29, 1.82) is 0 Å². The predicted octanol–water partition coefficient (Wildman–Crippen LogP) is 4.28. The second kappa shape index (κ2) is 6.94. The quantitative estimate of drug-likeness (QED) is 0.760. The highest BCUT2D eigenvalue weighted by atomic mass is 32.2. The molecule has 0 unspecified atom stereocenters. The maximum Gasteiger partial charge on any atom is 0.573 e. The van der Waals surface area contributed by atoms with Crippen molar-refractivity contribution in [2.75, 3.05) is 4.72 Å². The lowest BCUT2D eigenvalue weighted by Gasteiger charge is -2.14. The molecule has 1 N–H and O–H groups in total. The molecule has 0 saturated heterocycles. The number of nitrogens with one attached hydrogen (secondary N) is 1. The molecule has 0 radical (unpaired) electrons. The van der Waals surface area contributed by atoms with E-state index in [9.17, 15) is 34.8 Å². The van der Waals surface area contributed by atoms with E-state index in [1.54, 1.807) is 0 Å². The Morgan fingerprint density at radius 1 is 0.769 bits per heavy atom. The lowest BCUT2D eigenvalue weighted by molar-refractivity contribution is -0.276. The number of benzene rings is 2. The number of anilines is 1. The molecule has 0 aliphatic rings. The van der Waals surface area contributed by atoms with Crippen LogP contribution in [0.4, 0.5) is 32.0 Å². The molecule has 12 heteroatoms. The molecule has 0 aliphatic heterocycles. The van der Waals surface area contributed by atoms with E-state index < -0.39 is 39.1 Å². The van der Waals surface area contributed by atoms with Crippen molar-refractivity contribution in [2.45, 2.75) is 17.6 Å². The van der Waals surface area contributed by atoms with Gasteiger partial charge in [-0.05, 0) is 36.4 Å². The van der Waals surface area contributed by atoms with Crippen LogP contribution in [0.25, 0.3) is 0 Å². The number of alkyl halides is 6. The van der Waals surface area contributed by atoms with Gasteiger partial charge in [-0.15, -0.1) is 26.3 Å². The van der Waals surface area contributed by atoms with E-state index in [1.807, 2.05) is 4.72 Å². The van der Waals surface area contributed by atoms with Crippen LogP contribution in [0, 0.1) is 0 Å². The molecule has 2 rings (SSSR count). The SMILES string of the molecule is O=S(=O)(Nc1ccc(OC(F)(F)F)cc1)c1ccccc1OC(F)(F)F. The summed E-state index contributed by atoms with van der Waals surface area (Å²) in [5, 5.41) is 0. The van der Waals surface area contributed by atoms with Crippen LogP contribution in [0.15, 0.2) is 53.4 Å². The summed E-state index contributed by atoms with van der Waals surface area (Å²) in [6, 6.07) is 7.58. The second-order valence-corrected chi connectivity index (χ2v) is 6.32. The van der Waals surface area contributed by atoms with Crippen LogP contribution in [-0.2, 0) is 10.0 Å². The molecule has 26 heavy (non-hydrogen) atoms. The average molecular weight is 401 g/mol. The minimum atomic E-state index is -5.11. The Morgan fingerprint density at radius 3 is 1.85 bits per heavy atom. The largest absolute Gasteiger partial charge is 0.573 e. The van der Waals surface area contributed by atoms with E-state index in [2.05, 4.69) is 9.47 Å². The van der Waals surface area contributed by atoms with E-state index in [0.29, 0.717) is 0 Å². The normalized spacial score (nSPS) is 12.5. The highest BCUT2D eigenvalue weighted by molar-refractivity contribution is 7.92. The van der Waals surface area contributed by atoms with Gasteiger partial charge in [0.05, 0.1) is 0 Å². The number of halogens is 6. The summed E-state index contributed by atoms with van der Waals surface area (Å²) in [7, 11) is -4.50. The van der Waals surface area contributed by atoms with E-state index >= 15 is 0 Å². The number of hydrogen-bond donors (Lipinski definition) is 1. The summed E-state index contributed by atoms with van der Waals surface area (Å²) in [6.07, 6.45) is -10.0. The van der Waals surface area contributed by atoms with Gasteiger partial charge in [-0.1, -0.05) is 12.1 Å². The van der Waals surface area contributed by atoms with Crippen molar-refractivity contribution in [3.63, 3.8) is 0 Å². The van der Waals surface area contributed by atoms with Gasteiger partial charge in [0.15, 0.2) is 0 Å². The Balaban J connectivity index is 2.24. The maximum absolute atomic E-state index is 12.4. The zero-order valence-electron chi connectivity index (χ0n) is 12.4. The van der Waals surface area contributed by atoms with Gasteiger partial charge in [0.2, 0.25) is 0 Å². The van der Waals surface area contributed by atoms with Crippen molar-refractivity contribution >= 4 is 15.7 Å². The second-order valence-electron chi connectivity index (χ2n) is 4.67. The highest BCUT2D eigenvalue weighted by Gasteiger charge is 2.34. The van der Waals surface area contributed by atoms with Crippen LogP contribution in [0.1, 0.15) is 0 Å². The van der Waals surface area contributed by atoms with Crippen molar-refractivity contribution in [2.24, 2.45) is 0 Å². The van der Waals surface area contributed by atoms with Crippen LogP contribution in [0.3, 0.4) is 0 Å². The number of sulfonamides is 1. The Labute approximate surface area is 143 Å². The van der Waals surface area contributed by atoms with Crippen LogP contribution >= 0.6 is 0 Å². The average Bonchev–Trinajstić information content (AvgIpc) is 2.46. The molecule has 0 atom stereocenters. The zero-order valence-corrected chi connectivity index (χ0v) is 13.2. The fourth-order valence-corrected chi connectivity index (χ4v) is 3.00. The van der Waals surface area contributed by atoms with Gasteiger partial charge in [-0.3, -0.25) is 4.72 Å². The molecule has 0 spiro atoms. The van der Waals surface area contributed by atoms with Gasteiger partial charge in [0.25, 0.3) is 10.0 Å². The molecule has 0 saturated carbocycles. The van der Waals surface area contributed by atoms with Gasteiger partial charge < -0.3 is 9.47 Å². The van der Waals surface area contributed by atoms with Crippen LogP contribution < -0.4 is 14.2 Å². The van der Waals surface area contributed by atoms with Crippen molar-refractivity contribution in [3.05, 3.63) is 48.5 Å². The first-order valence-electron chi connectivity index (χ1n) is 6.59. The van der Waals surface area contributed by atoms with E-state index in [-0.39, 0.29) is 5.69 Å². The first-order chi connectivity index (χ1) is 11.9. The molecular weight excluding hydrogens is 392 g/mol. The summed E-state index contributed by atoms with van der Waals surface area (Å²) in [4.78, 5) is -0.798. The molecule has 2 aromatic rings. The fourth-order valence-electron chi connectivity index (χ4n) is 1.82. The summed E-state index contributed by atoms with van der Waals surface area (Å²) < 4.78 is 107. The Bertz CT molecular complexity index is 862. The van der Waals surface area contributed by atoms with Gasteiger partial charge in [-0.25, -0.2) is 8.42 Å². The lowest BCUT2D eigenvalue weighted by Crippen LogP contribution is -2.21. The fraction of sp³-hybridized carbons (Fsp3) is 0.143. The lowest BCUT2D eigenvalue weighted by atomic mass is 10.3. The smallest absolute Gasteiger partial charge is 0.406 e. The maximum atomic E-state index is 12.4. The standard InChI is InChI=1S/C14H9F6NO4S/c15-13(16,17)24-10-7-5-9(6-8-10)21-26(22,23)12-4-2-1-3-11(12)25-14(18,19)20/h1-8,21H. The predicted molar refractivity (Wildman–Crippen MR) is 77.1 cm³/mol. The number of hydrogen-bond acceptors (Lipinski definition) is 4. The van der Waals surface area contributed by atoms with Crippen LogP contribution in [0.2, 0.25) is 0 Å². The summed E-state index contributed by atoms with van der Waals surface area (Å²) in [5.74, 6) is -1.55. The van der Waals surface area contributed by atoms with Crippen molar-refractivity contribution in [3.8, 4) is 11.5 Å². The zero-order chi connectivity index (χ0) is 19.6. The summed E-state index contributed by atoms with van der Waals surface area (Å²) >= 11 is 0. The minimum absolute atomic E-state index is 0.193. The van der Waals surface area contributed by atoms with Crippen molar-refractivity contribution in [1.82, 2.24) is 0 Å². The minimum Gasteiger partial charge on any atom is -0.406 e. The van der Waals surface area contributed by atoms with Gasteiger partial charge in [-0.2, -0.15) is 0 Å². The molecular formula is C14H9F6NO4S. The number of ether oxygens (including phenoxy) is 2. The highest BCUT2D eigenvalue weighted by Crippen LogP contribution is 2.31.